The summed E-state index contributed by atoms with van der Waals surface area (Å²) in [6.07, 6.45) is 8.22. The molecule has 1 aliphatic rings. The van der Waals surface area contributed by atoms with Crippen molar-refractivity contribution >= 4 is 11.8 Å². The van der Waals surface area contributed by atoms with Gasteiger partial charge in [0, 0.05) is 61.6 Å². The zero-order valence-corrected chi connectivity index (χ0v) is 20.7. The van der Waals surface area contributed by atoms with Gasteiger partial charge in [-0.2, -0.15) is 0 Å². The number of carbonyl (C=O) groups excluding carboxylic acids is 2. The molecule has 3 atom stereocenters. The van der Waals surface area contributed by atoms with Crippen LogP contribution in [0.5, 0.6) is 5.88 Å². The monoisotopic (exact) mass is 489 g/mol. The number of likely N-dealkylation sites (N-methyl/N-ethyl adjacent to an activating group) is 1. The number of carbonyl (C=O) groups is 2. The van der Waals surface area contributed by atoms with Crippen LogP contribution in [0.1, 0.15) is 29.8 Å². The average molecular weight is 490 g/mol. The molecule has 0 radical (unpaired) electrons. The molecule has 0 unspecified atom stereocenters. The van der Waals surface area contributed by atoms with Crippen LogP contribution in [-0.4, -0.2) is 80.6 Å². The van der Waals surface area contributed by atoms with Crippen LogP contribution in [0.4, 0.5) is 0 Å². The van der Waals surface area contributed by atoms with Gasteiger partial charge in [-0.3, -0.25) is 19.6 Å². The molecule has 4 rings (SSSR count). The van der Waals surface area contributed by atoms with Crippen molar-refractivity contribution in [1.29, 1.82) is 0 Å². The molecule has 0 bridgehead atoms. The zero-order valence-electron chi connectivity index (χ0n) is 20.7. The molecule has 0 aliphatic carbocycles. The number of ether oxygens (including phenoxy) is 1. The van der Waals surface area contributed by atoms with Gasteiger partial charge < -0.3 is 19.6 Å². The Morgan fingerprint density at radius 3 is 2.61 bits per heavy atom. The van der Waals surface area contributed by atoms with E-state index in [-0.39, 0.29) is 36.6 Å². The number of aromatic nitrogens is 3. The van der Waals surface area contributed by atoms with E-state index in [9.17, 15) is 14.7 Å². The van der Waals surface area contributed by atoms with E-state index in [4.69, 9.17) is 4.74 Å². The predicted molar refractivity (Wildman–Crippen MR) is 134 cm³/mol. The van der Waals surface area contributed by atoms with Crippen molar-refractivity contribution in [3.8, 4) is 17.0 Å². The maximum absolute atomic E-state index is 13.6. The molecule has 0 aromatic carbocycles. The summed E-state index contributed by atoms with van der Waals surface area (Å²) in [5, 5.41) is 9.85. The largest absolute Gasteiger partial charge is 0.472 e. The van der Waals surface area contributed by atoms with Crippen molar-refractivity contribution < 1.29 is 19.4 Å². The van der Waals surface area contributed by atoms with E-state index in [0.717, 1.165) is 16.7 Å². The number of nitrogens with zero attached hydrogens (tertiary/aromatic N) is 5. The molecule has 36 heavy (non-hydrogen) atoms. The van der Waals surface area contributed by atoms with Gasteiger partial charge in [0.05, 0.1) is 25.6 Å². The van der Waals surface area contributed by atoms with Gasteiger partial charge in [-0.05, 0) is 30.7 Å². The molecule has 0 saturated carbocycles. The fourth-order valence-corrected chi connectivity index (χ4v) is 4.20. The van der Waals surface area contributed by atoms with Crippen molar-refractivity contribution in [3.63, 3.8) is 0 Å². The van der Waals surface area contributed by atoms with Gasteiger partial charge in [-0.1, -0.05) is 19.1 Å². The Kier molecular flexibility index (Phi) is 7.90. The van der Waals surface area contributed by atoms with Gasteiger partial charge in [0.25, 0.3) is 5.91 Å². The summed E-state index contributed by atoms with van der Waals surface area (Å²) in [4.78, 5) is 42.5. The van der Waals surface area contributed by atoms with Crippen LogP contribution in [0.25, 0.3) is 11.1 Å². The number of hydrogen-bond acceptors (Lipinski definition) is 7. The molecular formula is C27H31N5O4. The minimum Gasteiger partial charge on any atom is -0.472 e. The second-order valence-electron chi connectivity index (χ2n) is 9.25. The quantitative estimate of drug-likeness (QED) is 0.543. The Morgan fingerprint density at radius 2 is 1.94 bits per heavy atom. The van der Waals surface area contributed by atoms with Crippen molar-refractivity contribution in [1.82, 2.24) is 24.8 Å². The Labute approximate surface area is 210 Å². The lowest BCUT2D eigenvalue weighted by Gasteiger charge is -2.37. The summed E-state index contributed by atoms with van der Waals surface area (Å²) in [6.45, 7) is 4.30. The number of rotatable bonds is 7. The molecule has 9 nitrogen and oxygen atoms in total. The molecular weight excluding hydrogens is 458 g/mol. The van der Waals surface area contributed by atoms with Crippen molar-refractivity contribution in [3.05, 3.63) is 72.4 Å². The van der Waals surface area contributed by atoms with Gasteiger partial charge >= 0.3 is 0 Å². The van der Waals surface area contributed by atoms with Crippen molar-refractivity contribution in [2.45, 2.75) is 32.4 Å². The Balaban J connectivity index is 1.62. The van der Waals surface area contributed by atoms with E-state index < -0.39 is 12.1 Å². The molecule has 4 heterocycles. The third kappa shape index (κ3) is 5.68. The summed E-state index contributed by atoms with van der Waals surface area (Å²) in [5.74, 6) is -0.217. The van der Waals surface area contributed by atoms with Crippen LogP contribution in [0.15, 0.2) is 61.3 Å². The van der Waals surface area contributed by atoms with E-state index >= 15 is 0 Å². The number of amides is 2. The third-order valence-electron chi connectivity index (χ3n) is 6.47. The molecule has 0 spiro atoms. The first-order valence-electron chi connectivity index (χ1n) is 12.0. The first kappa shape index (κ1) is 25.2. The normalized spacial score (nSPS) is 18.4. The Hall–Kier alpha value is -3.85. The lowest BCUT2D eigenvalue weighted by Crippen LogP contribution is -2.50. The van der Waals surface area contributed by atoms with E-state index in [1.54, 1.807) is 60.0 Å². The van der Waals surface area contributed by atoms with Crippen LogP contribution < -0.4 is 4.74 Å². The van der Waals surface area contributed by atoms with Crippen molar-refractivity contribution in [2.24, 2.45) is 5.92 Å². The Bertz CT molecular complexity index is 1190. The maximum atomic E-state index is 13.6. The first-order chi connectivity index (χ1) is 17.4. The summed E-state index contributed by atoms with van der Waals surface area (Å²) < 4.78 is 6.30. The minimum atomic E-state index is -0.412. The molecule has 0 saturated heterocycles. The van der Waals surface area contributed by atoms with Gasteiger partial charge in [-0.15, -0.1) is 0 Å². The fourth-order valence-electron chi connectivity index (χ4n) is 4.20. The topological polar surface area (TPSA) is 109 Å². The molecule has 0 fully saturated rings. The molecule has 188 valence electrons. The average Bonchev–Trinajstić information content (AvgIpc) is 2.91. The van der Waals surface area contributed by atoms with Crippen LogP contribution in [0.3, 0.4) is 0 Å². The number of pyridine rings is 3. The van der Waals surface area contributed by atoms with Gasteiger partial charge in [0.1, 0.15) is 11.7 Å². The predicted octanol–water partition coefficient (Wildman–Crippen LogP) is 2.46. The number of aliphatic hydroxyl groups is 1. The van der Waals surface area contributed by atoms with Gasteiger partial charge in [-0.25, -0.2) is 4.98 Å². The number of hydrogen-bond donors (Lipinski definition) is 1. The number of fused-ring (bicyclic) bond motifs is 1. The van der Waals surface area contributed by atoms with Gasteiger partial charge in [0.2, 0.25) is 11.8 Å². The van der Waals surface area contributed by atoms with Crippen molar-refractivity contribution in [2.75, 3.05) is 26.7 Å². The number of aliphatic hydroxyl groups excluding tert-OH is 1. The van der Waals surface area contributed by atoms with E-state index in [1.807, 2.05) is 32.0 Å². The van der Waals surface area contributed by atoms with Crippen LogP contribution in [-0.2, 0) is 11.2 Å². The molecule has 3 aromatic heterocycles. The molecule has 1 N–H and O–H groups in total. The minimum absolute atomic E-state index is 0.0578. The lowest BCUT2D eigenvalue weighted by molar-refractivity contribution is -0.130. The van der Waals surface area contributed by atoms with E-state index in [2.05, 4.69) is 15.0 Å². The van der Waals surface area contributed by atoms with E-state index in [1.165, 1.54) is 0 Å². The summed E-state index contributed by atoms with van der Waals surface area (Å²) >= 11 is 0. The van der Waals surface area contributed by atoms with Crippen LogP contribution in [0, 0.1) is 5.92 Å². The summed E-state index contributed by atoms with van der Waals surface area (Å²) in [7, 11) is 1.74. The summed E-state index contributed by atoms with van der Waals surface area (Å²) in [5.41, 5.74) is 2.72. The van der Waals surface area contributed by atoms with Crippen LogP contribution >= 0.6 is 0 Å². The third-order valence-corrected chi connectivity index (χ3v) is 6.47. The highest BCUT2D eigenvalue weighted by Crippen LogP contribution is 2.30. The lowest BCUT2D eigenvalue weighted by atomic mass is 9.99. The Morgan fingerprint density at radius 1 is 1.19 bits per heavy atom. The molecule has 3 aromatic rings. The zero-order chi connectivity index (χ0) is 25.7. The second kappa shape index (κ2) is 11.3. The van der Waals surface area contributed by atoms with Gasteiger partial charge in [0.15, 0.2) is 0 Å². The smallest absolute Gasteiger partial charge is 0.259 e. The second-order valence-corrected chi connectivity index (χ2v) is 9.25. The highest BCUT2D eigenvalue weighted by Gasteiger charge is 2.34. The SMILES string of the molecule is C[C@@H]1CN([C@@H](C)CO)C(=O)c2cc(-c3cccnc3)cnc2O[C@@H]1CN(C)C(=O)Cc1cccnc1. The highest BCUT2D eigenvalue weighted by molar-refractivity contribution is 5.98. The maximum Gasteiger partial charge on any atom is 0.259 e. The molecule has 9 heteroatoms. The molecule has 1 aliphatic heterocycles. The fraction of sp³-hybridized carbons (Fsp3) is 0.370. The van der Waals surface area contributed by atoms with E-state index in [0.29, 0.717) is 18.7 Å². The first-order valence-corrected chi connectivity index (χ1v) is 12.0. The highest BCUT2D eigenvalue weighted by atomic mass is 16.5. The summed E-state index contributed by atoms with van der Waals surface area (Å²) in [6, 6.07) is 8.75. The molecule has 2 amide bonds. The standard InChI is InChI=1S/C27H31N5O4/c1-18-15-32(19(2)17-33)27(35)23-11-22(21-7-5-9-29-13-21)14-30-26(23)36-24(18)16-31(3)25(34)10-20-6-4-8-28-12-20/h4-9,11-14,18-19,24,33H,10,15-17H2,1-3H3/t18-,19+,24-/m1/s1. The van der Waals surface area contributed by atoms with Crippen LogP contribution in [0.2, 0.25) is 0 Å².